The Hall–Kier alpha value is -0.860. The lowest BCUT2D eigenvalue weighted by Crippen LogP contribution is -2.48. The van der Waals surface area contributed by atoms with Crippen molar-refractivity contribution in [2.24, 2.45) is 0 Å². The summed E-state index contributed by atoms with van der Waals surface area (Å²) >= 11 is 0. The average molecular weight is 258 g/mol. The zero-order valence-electron chi connectivity index (χ0n) is 12.0. The molecular weight excluding hydrogens is 232 g/mol. The van der Waals surface area contributed by atoms with E-state index in [-0.39, 0.29) is 0 Å². The number of piperidine rings is 1. The lowest BCUT2D eigenvalue weighted by atomic mass is 9.97. The van der Waals surface area contributed by atoms with Crippen LogP contribution in [0.2, 0.25) is 0 Å². The Morgan fingerprint density at radius 3 is 2.42 bits per heavy atom. The van der Waals surface area contributed by atoms with E-state index in [4.69, 9.17) is 0 Å². The first-order valence-corrected chi connectivity index (χ1v) is 7.89. The van der Waals surface area contributed by atoms with Crippen molar-refractivity contribution in [3.8, 4) is 0 Å². The van der Waals surface area contributed by atoms with E-state index in [1.807, 2.05) is 0 Å². The van der Waals surface area contributed by atoms with E-state index in [2.05, 4.69) is 47.5 Å². The molecule has 1 N–H and O–H groups in total. The third-order valence-electron chi connectivity index (χ3n) is 4.70. The predicted molar refractivity (Wildman–Crippen MR) is 80.1 cm³/mol. The quantitative estimate of drug-likeness (QED) is 0.872. The maximum Gasteiger partial charge on any atom is 0.0236 e. The Balaban J connectivity index is 1.66. The van der Waals surface area contributed by atoms with Gasteiger partial charge in [-0.05, 0) is 44.2 Å². The van der Waals surface area contributed by atoms with Crippen molar-refractivity contribution >= 4 is 0 Å². The van der Waals surface area contributed by atoms with Crippen LogP contribution in [0.1, 0.15) is 44.6 Å². The molecule has 0 aromatic heterocycles. The zero-order valence-corrected chi connectivity index (χ0v) is 12.0. The first kappa shape index (κ1) is 13.1. The predicted octanol–water partition coefficient (Wildman–Crippen LogP) is 3.18. The summed E-state index contributed by atoms with van der Waals surface area (Å²) in [5.41, 5.74) is 1.46. The van der Waals surface area contributed by atoms with Crippen LogP contribution >= 0.6 is 0 Å². The number of benzene rings is 1. The van der Waals surface area contributed by atoms with Crippen molar-refractivity contribution in [2.75, 3.05) is 6.54 Å². The molecule has 0 radical (unpaired) electrons. The molecule has 2 nitrogen and oxygen atoms in total. The molecule has 2 aliphatic rings. The van der Waals surface area contributed by atoms with Crippen molar-refractivity contribution in [2.45, 2.75) is 63.7 Å². The molecule has 2 bridgehead atoms. The molecule has 1 aromatic carbocycles. The van der Waals surface area contributed by atoms with Crippen LogP contribution in [0.5, 0.6) is 0 Å². The largest absolute Gasteiger partial charge is 0.311 e. The molecule has 1 aromatic rings. The highest BCUT2D eigenvalue weighted by atomic mass is 15.2. The van der Waals surface area contributed by atoms with Gasteiger partial charge in [-0.15, -0.1) is 0 Å². The maximum atomic E-state index is 3.75. The van der Waals surface area contributed by atoms with Crippen LogP contribution in [0.4, 0.5) is 0 Å². The first-order chi connectivity index (χ1) is 9.35. The van der Waals surface area contributed by atoms with Gasteiger partial charge in [0.25, 0.3) is 0 Å². The van der Waals surface area contributed by atoms with Gasteiger partial charge in [0, 0.05) is 24.7 Å². The summed E-state index contributed by atoms with van der Waals surface area (Å²) in [6.45, 7) is 4.66. The first-order valence-electron chi connectivity index (χ1n) is 7.89. The summed E-state index contributed by atoms with van der Waals surface area (Å²) in [4.78, 5) is 2.72. The summed E-state index contributed by atoms with van der Waals surface area (Å²) in [6, 6.07) is 13.3. The van der Waals surface area contributed by atoms with Crippen LogP contribution in [0, 0.1) is 0 Å². The lowest BCUT2D eigenvalue weighted by Gasteiger charge is -2.37. The molecule has 2 atom stereocenters. The highest BCUT2D eigenvalue weighted by molar-refractivity contribution is 5.14. The van der Waals surface area contributed by atoms with Crippen molar-refractivity contribution < 1.29 is 0 Å². The van der Waals surface area contributed by atoms with Crippen LogP contribution in [0.15, 0.2) is 30.3 Å². The molecule has 104 valence electrons. The Morgan fingerprint density at radius 1 is 1.11 bits per heavy atom. The van der Waals surface area contributed by atoms with Crippen LogP contribution < -0.4 is 5.32 Å². The molecule has 0 saturated carbocycles. The fourth-order valence-electron chi connectivity index (χ4n) is 3.82. The molecule has 2 saturated heterocycles. The zero-order chi connectivity index (χ0) is 13.1. The topological polar surface area (TPSA) is 15.3 Å². The van der Waals surface area contributed by atoms with Crippen molar-refractivity contribution in [1.82, 2.24) is 10.2 Å². The van der Waals surface area contributed by atoms with Crippen LogP contribution in [0.25, 0.3) is 0 Å². The van der Waals surface area contributed by atoms with Crippen LogP contribution in [0.3, 0.4) is 0 Å². The molecule has 0 amide bonds. The molecule has 2 heteroatoms. The molecule has 19 heavy (non-hydrogen) atoms. The highest BCUT2D eigenvalue weighted by Gasteiger charge is 2.35. The van der Waals surface area contributed by atoms with E-state index < -0.39 is 0 Å². The minimum absolute atomic E-state index is 0.791. The van der Waals surface area contributed by atoms with E-state index in [0.29, 0.717) is 0 Å². The van der Waals surface area contributed by atoms with Gasteiger partial charge < -0.3 is 5.32 Å². The smallest absolute Gasteiger partial charge is 0.0236 e. The van der Waals surface area contributed by atoms with Gasteiger partial charge in [0.1, 0.15) is 0 Å². The summed E-state index contributed by atoms with van der Waals surface area (Å²) in [7, 11) is 0. The van der Waals surface area contributed by atoms with Crippen molar-refractivity contribution in [3.05, 3.63) is 35.9 Å². The molecule has 2 heterocycles. The van der Waals surface area contributed by atoms with Gasteiger partial charge in [-0.25, -0.2) is 0 Å². The molecule has 2 fully saturated rings. The fourth-order valence-corrected chi connectivity index (χ4v) is 3.82. The monoisotopic (exact) mass is 258 g/mol. The van der Waals surface area contributed by atoms with Gasteiger partial charge in [-0.2, -0.15) is 0 Å². The van der Waals surface area contributed by atoms with E-state index in [1.165, 1.54) is 44.2 Å². The average Bonchev–Trinajstić information content (AvgIpc) is 2.78. The number of rotatable bonds is 5. The number of hydrogen-bond donors (Lipinski definition) is 1. The Kier molecular flexibility index (Phi) is 4.19. The number of nitrogens with zero attached hydrogens (tertiary/aromatic N) is 1. The normalized spacial score (nSPS) is 29.9. The molecule has 0 spiro atoms. The van der Waals surface area contributed by atoms with Gasteiger partial charge in [0.05, 0.1) is 0 Å². The van der Waals surface area contributed by atoms with Crippen molar-refractivity contribution in [3.63, 3.8) is 0 Å². The molecule has 3 rings (SSSR count). The number of fused-ring (bicyclic) bond motifs is 2. The minimum Gasteiger partial charge on any atom is -0.311 e. The SMILES string of the molecule is CCCN(Cc1ccccc1)C1CC2CCC(C1)N2. The number of hydrogen-bond acceptors (Lipinski definition) is 2. The highest BCUT2D eigenvalue weighted by Crippen LogP contribution is 2.30. The van der Waals surface area contributed by atoms with Crippen LogP contribution in [-0.4, -0.2) is 29.6 Å². The summed E-state index contributed by atoms with van der Waals surface area (Å²) in [5.74, 6) is 0. The van der Waals surface area contributed by atoms with E-state index >= 15 is 0 Å². The second-order valence-electron chi connectivity index (χ2n) is 6.22. The van der Waals surface area contributed by atoms with Gasteiger partial charge in [-0.3, -0.25) is 4.90 Å². The fraction of sp³-hybridized carbons (Fsp3) is 0.647. The van der Waals surface area contributed by atoms with Gasteiger partial charge >= 0.3 is 0 Å². The molecule has 0 aliphatic carbocycles. The van der Waals surface area contributed by atoms with Crippen LogP contribution in [-0.2, 0) is 6.54 Å². The second-order valence-corrected chi connectivity index (χ2v) is 6.22. The summed E-state index contributed by atoms with van der Waals surface area (Å²) in [5, 5.41) is 3.75. The Morgan fingerprint density at radius 2 is 1.79 bits per heavy atom. The summed E-state index contributed by atoms with van der Waals surface area (Å²) in [6.07, 6.45) is 6.75. The Bertz CT molecular complexity index is 378. The third-order valence-corrected chi connectivity index (χ3v) is 4.70. The lowest BCUT2D eigenvalue weighted by molar-refractivity contribution is 0.134. The maximum absolute atomic E-state index is 3.75. The number of nitrogens with one attached hydrogen (secondary N) is 1. The molecule has 2 aliphatic heterocycles. The van der Waals surface area contributed by atoms with E-state index in [1.54, 1.807) is 0 Å². The van der Waals surface area contributed by atoms with E-state index in [9.17, 15) is 0 Å². The third kappa shape index (κ3) is 3.18. The van der Waals surface area contributed by atoms with Gasteiger partial charge in [-0.1, -0.05) is 37.3 Å². The molecule has 2 unspecified atom stereocenters. The summed E-state index contributed by atoms with van der Waals surface area (Å²) < 4.78 is 0. The minimum atomic E-state index is 0.791. The van der Waals surface area contributed by atoms with Gasteiger partial charge in [0.15, 0.2) is 0 Å². The standard InChI is InChI=1S/C17H26N2/c1-2-10-19(13-14-6-4-3-5-7-14)17-11-15-8-9-16(12-17)18-15/h3-7,15-18H,2,8-13H2,1H3. The van der Waals surface area contributed by atoms with Gasteiger partial charge in [0.2, 0.25) is 0 Å². The molecular formula is C17H26N2. The second kappa shape index (κ2) is 6.06. The van der Waals surface area contributed by atoms with E-state index in [0.717, 1.165) is 24.7 Å². The van der Waals surface area contributed by atoms with Crippen molar-refractivity contribution in [1.29, 1.82) is 0 Å². The Labute approximate surface area is 117 Å².